The lowest BCUT2D eigenvalue weighted by atomic mass is 10.0. The summed E-state index contributed by atoms with van der Waals surface area (Å²) in [6.07, 6.45) is 11.0. The van der Waals surface area contributed by atoms with Crippen LogP contribution in [0.25, 0.3) is 0 Å². The van der Waals surface area contributed by atoms with Gasteiger partial charge in [0.25, 0.3) is 0 Å². The number of rotatable bonds is 6. The molecular weight excluding hydrogens is 238 g/mol. The van der Waals surface area contributed by atoms with Crippen LogP contribution in [0.4, 0.5) is 0 Å². The van der Waals surface area contributed by atoms with E-state index < -0.39 is 0 Å². The third-order valence-electron chi connectivity index (χ3n) is 4.10. The molecule has 4 heteroatoms. The molecule has 1 aliphatic carbocycles. The number of hydrogen-bond acceptors (Lipinski definition) is 2. The second kappa shape index (κ2) is 6.73. The molecule has 1 amide bonds. The fraction of sp³-hybridized carbons (Fsp3) is 0.733. The van der Waals surface area contributed by atoms with E-state index in [0.717, 1.165) is 24.4 Å². The zero-order valence-corrected chi connectivity index (χ0v) is 12.1. The summed E-state index contributed by atoms with van der Waals surface area (Å²) in [5.74, 6) is 1.05. The summed E-state index contributed by atoms with van der Waals surface area (Å²) in [6, 6.07) is 0. The number of carbonyl (C=O) groups excluding carboxylic acids is 1. The lowest BCUT2D eigenvalue weighted by Crippen LogP contribution is -2.26. The fourth-order valence-electron chi connectivity index (χ4n) is 2.84. The van der Waals surface area contributed by atoms with Crippen LogP contribution in [-0.4, -0.2) is 27.6 Å². The van der Waals surface area contributed by atoms with Gasteiger partial charge < -0.3 is 4.90 Å². The Kier molecular flexibility index (Phi) is 5.00. The van der Waals surface area contributed by atoms with Crippen molar-refractivity contribution in [2.24, 2.45) is 5.92 Å². The summed E-state index contributed by atoms with van der Waals surface area (Å²) in [7, 11) is 1.89. The van der Waals surface area contributed by atoms with E-state index in [1.807, 2.05) is 29.0 Å². The summed E-state index contributed by atoms with van der Waals surface area (Å²) in [4.78, 5) is 13.9. The molecule has 106 valence electrons. The number of carbonyl (C=O) groups is 1. The van der Waals surface area contributed by atoms with Gasteiger partial charge in [-0.2, -0.15) is 5.10 Å². The molecular formula is C15H25N3O. The third kappa shape index (κ3) is 4.08. The zero-order chi connectivity index (χ0) is 13.7. The highest BCUT2D eigenvalue weighted by Crippen LogP contribution is 2.28. The van der Waals surface area contributed by atoms with Crippen LogP contribution in [0, 0.1) is 5.92 Å². The second-order valence-electron chi connectivity index (χ2n) is 5.64. The van der Waals surface area contributed by atoms with Crippen molar-refractivity contribution in [2.45, 2.75) is 58.5 Å². The SMILES string of the molecule is CCn1cc(CN(C)C(=O)CCC2CCCC2)cn1. The standard InChI is InChI=1S/C15H25N3O/c1-3-18-12-14(10-16-18)11-17(2)15(19)9-8-13-6-4-5-7-13/h10,12-13H,3-9,11H2,1-2H3. The highest BCUT2D eigenvalue weighted by molar-refractivity contribution is 5.75. The van der Waals surface area contributed by atoms with Crippen molar-refractivity contribution in [2.75, 3.05) is 7.05 Å². The van der Waals surface area contributed by atoms with E-state index in [1.165, 1.54) is 25.7 Å². The topological polar surface area (TPSA) is 38.1 Å². The average molecular weight is 263 g/mol. The van der Waals surface area contributed by atoms with E-state index >= 15 is 0 Å². The molecule has 19 heavy (non-hydrogen) atoms. The first kappa shape index (κ1) is 14.1. The Morgan fingerprint density at radius 1 is 1.47 bits per heavy atom. The molecule has 1 aliphatic rings. The molecule has 1 aromatic heterocycles. The highest BCUT2D eigenvalue weighted by Gasteiger charge is 2.17. The number of aromatic nitrogens is 2. The van der Waals surface area contributed by atoms with Crippen LogP contribution in [0.1, 0.15) is 51.0 Å². The van der Waals surface area contributed by atoms with E-state index in [4.69, 9.17) is 0 Å². The van der Waals surface area contributed by atoms with E-state index in [9.17, 15) is 4.79 Å². The molecule has 0 atom stereocenters. The first-order valence-corrected chi connectivity index (χ1v) is 7.44. The number of nitrogens with zero attached hydrogens (tertiary/aromatic N) is 3. The fourth-order valence-corrected chi connectivity index (χ4v) is 2.84. The molecule has 1 aromatic rings. The van der Waals surface area contributed by atoms with Gasteiger partial charge in [0.1, 0.15) is 0 Å². The van der Waals surface area contributed by atoms with Gasteiger partial charge in [-0.05, 0) is 19.3 Å². The van der Waals surface area contributed by atoms with Crippen LogP contribution < -0.4 is 0 Å². The maximum atomic E-state index is 12.1. The van der Waals surface area contributed by atoms with Gasteiger partial charge >= 0.3 is 0 Å². The van der Waals surface area contributed by atoms with Crippen molar-refractivity contribution >= 4 is 5.91 Å². The summed E-state index contributed by atoms with van der Waals surface area (Å²) in [6.45, 7) is 3.61. The molecule has 0 aromatic carbocycles. The Morgan fingerprint density at radius 2 is 2.21 bits per heavy atom. The molecule has 2 rings (SSSR count). The van der Waals surface area contributed by atoms with Crippen LogP contribution in [0.15, 0.2) is 12.4 Å². The number of aryl methyl sites for hydroxylation is 1. The minimum absolute atomic E-state index is 0.260. The molecule has 0 N–H and O–H groups in total. The second-order valence-corrected chi connectivity index (χ2v) is 5.64. The zero-order valence-electron chi connectivity index (χ0n) is 12.1. The molecule has 1 heterocycles. The molecule has 0 unspecified atom stereocenters. The predicted molar refractivity (Wildman–Crippen MR) is 75.6 cm³/mol. The van der Waals surface area contributed by atoms with E-state index in [2.05, 4.69) is 12.0 Å². The van der Waals surface area contributed by atoms with Gasteiger partial charge in [-0.25, -0.2) is 0 Å². The van der Waals surface area contributed by atoms with Crippen molar-refractivity contribution < 1.29 is 4.79 Å². The Hall–Kier alpha value is -1.32. The normalized spacial score (nSPS) is 15.9. The minimum atomic E-state index is 0.260. The van der Waals surface area contributed by atoms with Gasteiger partial charge in [0.2, 0.25) is 5.91 Å². The quantitative estimate of drug-likeness (QED) is 0.791. The van der Waals surface area contributed by atoms with Crippen molar-refractivity contribution in [1.82, 2.24) is 14.7 Å². The van der Waals surface area contributed by atoms with Crippen molar-refractivity contribution in [3.05, 3.63) is 18.0 Å². The van der Waals surface area contributed by atoms with Crippen molar-refractivity contribution in [3.8, 4) is 0 Å². The Balaban J connectivity index is 1.74. The molecule has 0 spiro atoms. The smallest absolute Gasteiger partial charge is 0.222 e. The van der Waals surface area contributed by atoms with E-state index in [1.54, 1.807) is 0 Å². The lowest BCUT2D eigenvalue weighted by molar-refractivity contribution is -0.130. The first-order chi connectivity index (χ1) is 9.19. The maximum absolute atomic E-state index is 12.1. The van der Waals surface area contributed by atoms with Crippen LogP contribution in [-0.2, 0) is 17.9 Å². The monoisotopic (exact) mass is 263 g/mol. The van der Waals surface area contributed by atoms with Gasteiger partial charge in [-0.3, -0.25) is 9.48 Å². The number of amides is 1. The molecule has 1 fully saturated rings. The Morgan fingerprint density at radius 3 is 2.84 bits per heavy atom. The summed E-state index contributed by atoms with van der Waals surface area (Å²) in [5, 5.41) is 4.23. The van der Waals surface area contributed by atoms with Crippen LogP contribution in [0.3, 0.4) is 0 Å². The average Bonchev–Trinajstić information content (AvgIpc) is 3.06. The van der Waals surface area contributed by atoms with Crippen molar-refractivity contribution in [1.29, 1.82) is 0 Å². The maximum Gasteiger partial charge on any atom is 0.222 e. The third-order valence-corrected chi connectivity index (χ3v) is 4.10. The first-order valence-electron chi connectivity index (χ1n) is 7.44. The Labute approximate surface area is 115 Å². The summed E-state index contributed by atoms with van der Waals surface area (Å²) >= 11 is 0. The molecule has 0 saturated heterocycles. The summed E-state index contributed by atoms with van der Waals surface area (Å²) in [5.41, 5.74) is 1.11. The van der Waals surface area contributed by atoms with Crippen molar-refractivity contribution in [3.63, 3.8) is 0 Å². The van der Waals surface area contributed by atoms with Crippen LogP contribution >= 0.6 is 0 Å². The highest BCUT2D eigenvalue weighted by atomic mass is 16.2. The molecule has 4 nitrogen and oxygen atoms in total. The number of hydrogen-bond donors (Lipinski definition) is 0. The van der Waals surface area contributed by atoms with Gasteiger partial charge in [0.05, 0.1) is 6.20 Å². The van der Waals surface area contributed by atoms with Gasteiger partial charge in [0.15, 0.2) is 0 Å². The largest absolute Gasteiger partial charge is 0.341 e. The van der Waals surface area contributed by atoms with Crippen LogP contribution in [0.5, 0.6) is 0 Å². The van der Waals surface area contributed by atoms with Crippen LogP contribution in [0.2, 0.25) is 0 Å². The van der Waals surface area contributed by atoms with E-state index in [-0.39, 0.29) is 5.91 Å². The van der Waals surface area contributed by atoms with Gasteiger partial charge in [-0.1, -0.05) is 25.7 Å². The molecule has 0 bridgehead atoms. The molecule has 0 radical (unpaired) electrons. The van der Waals surface area contributed by atoms with Gasteiger partial charge in [0, 0.05) is 38.3 Å². The Bertz CT molecular complexity index is 407. The summed E-state index contributed by atoms with van der Waals surface area (Å²) < 4.78 is 1.90. The van der Waals surface area contributed by atoms with E-state index in [0.29, 0.717) is 13.0 Å². The predicted octanol–water partition coefficient (Wildman–Crippen LogP) is 2.83. The minimum Gasteiger partial charge on any atom is -0.341 e. The molecule has 1 saturated carbocycles. The lowest BCUT2D eigenvalue weighted by Gasteiger charge is -2.17. The molecule has 0 aliphatic heterocycles. The van der Waals surface area contributed by atoms with Gasteiger partial charge in [-0.15, -0.1) is 0 Å².